The number of carbonyl (C=O) groups excluding carboxylic acids is 3. The number of rotatable bonds is 7. The highest BCUT2D eigenvalue weighted by molar-refractivity contribution is 5.87. The van der Waals surface area contributed by atoms with Crippen LogP contribution in [0.15, 0.2) is 54.6 Å². The van der Waals surface area contributed by atoms with Crippen LogP contribution in [0.3, 0.4) is 0 Å². The molecule has 196 valence electrons. The van der Waals surface area contributed by atoms with Crippen molar-refractivity contribution in [2.45, 2.75) is 58.5 Å². The molecule has 4 unspecified atom stereocenters. The fourth-order valence-corrected chi connectivity index (χ4v) is 5.64. The maximum absolute atomic E-state index is 13.8. The third-order valence-corrected chi connectivity index (χ3v) is 7.56. The molecule has 2 saturated heterocycles. The van der Waals surface area contributed by atoms with Gasteiger partial charge in [-0.2, -0.15) is 5.43 Å². The van der Waals surface area contributed by atoms with Gasteiger partial charge in [0.15, 0.2) is 6.29 Å². The molecular weight excluding hydrogens is 473 g/mol. The number of carbonyl (C=O) groups is 3. The zero-order chi connectivity index (χ0) is 26.1. The van der Waals surface area contributed by atoms with Gasteiger partial charge in [0.25, 0.3) is 0 Å². The zero-order valence-corrected chi connectivity index (χ0v) is 21.3. The Labute approximate surface area is 216 Å². The summed E-state index contributed by atoms with van der Waals surface area (Å²) in [5.41, 5.74) is 4.99. The van der Waals surface area contributed by atoms with Crippen molar-refractivity contribution in [3.63, 3.8) is 0 Å². The van der Waals surface area contributed by atoms with E-state index in [1.807, 2.05) is 44.2 Å². The lowest BCUT2D eigenvalue weighted by Crippen LogP contribution is -2.66. The fourth-order valence-electron chi connectivity index (χ4n) is 5.64. The molecule has 5 rings (SSSR count). The van der Waals surface area contributed by atoms with Crippen molar-refractivity contribution in [2.24, 2.45) is 17.8 Å². The maximum Gasteiger partial charge on any atom is 0.337 e. The fraction of sp³-hybridized carbons (Fsp3) is 0.464. The first-order chi connectivity index (χ1) is 17.8. The second-order valence-electron chi connectivity index (χ2n) is 10.7. The van der Waals surface area contributed by atoms with Crippen molar-refractivity contribution in [3.8, 4) is 0 Å². The molecule has 1 aliphatic carbocycles. The van der Waals surface area contributed by atoms with E-state index in [2.05, 4.69) is 10.7 Å². The Bertz CT molecular complexity index is 1140. The average Bonchev–Trinajstić information content (AvgIpc) is 3.22. The van der Waals surface area contributed by atoms with Gasteiger partial charge in [-0.25, -0.2) is 9.18 Å². The second kappa shape index (κ2) is 10.5. The lowest BCUT2D eigenvalue weighted by molar-refractivity contribution is -0.159. The standard InChI is InChI=1S/C28H34FN5O3/c1-18(2)15-30-25(35)21-10-13-23-24(14-21)34-27(32(26(23)36)16-19-6-4-3-5-7-19)31-33(28(34)37)17-20-8-11-22(29)12-9-20/h3-9,11-12,18,21,23-24,27,31H,10,13-17H2,1-2H3,(H,30,35). The van der Waals surface area contributed by atoms with Gasteiger partial charge in [-0.3, -0.25) is 19.5 Å². The number of nitrogens with one attached hydrogen (secondary N) is 2. The summed E-state index contributed by atoms with van der Waals surface area (Å²) in [7, 11) is 0. The summed E-state index contributed by atoms with van der Waals surface area (Å²) in [6.07, 6.45) is 0.978. The monoisotopic (exact) mass is 507 g/mol. The van der Waals surface area contributed by atoms with Gasteiger partial charge in [0.05, 0.1) is 12.5 Å². The molecule has 37 heavy (non-hydrogen) atoms. The highest BCUT2D eigenvalue weighted by atomic mass is 19.1. The van der Waals surface area contributed by atoms with E-state index in [4.69, 9.17) is 0 Å². The minimum atomic E-state index is -0.653. The van der Waals surface area contributed by atoms with E-state index in [-0.39, 0.29) is 48.1 Å². The first kappa shape index (κ1) is 25.2. The van der Waals surface area contributed by atoms with Crippen LogP contribution in [0, 0.1) is 23.6 Å². The van der Waals surface area contributed by atoms with Crippen LogP contribution in [-0.4, -0.2) is 51.5 Å². The van der Waals surface area contributed by atoms with Crippen LogP contribution in [0.4, 0.5) is 9.18 Å². The van der Waals surface area contributed by atoms with Gasteiger partial charge >= 0.3 is 6.03 Å². The van der Waals surface area contributed by atoms with Crippen molar-refractivity contribution < 1.29 is 18.8 Å². The molecule has 0 spiro atoms. The Morgan fingerprint density at radius 2 is 1.73 bits per heavy atom. The van der Waals surface area contributed by atoms with Crippen LogP contribution >= 0.6 is 0 Å². The van der Waals surface area contributed by atoms with Crippen molar-refractivity contribution in [1.29, 1.82) is 0 Å². The summed E-state index contributed by atoms with van der Waals surface area (Å²) in [4.78, 5) is 43.9. The van der Waals surface area contributed by atoms with E-state index in [0.717, 1.165) is 11.1 Å². The van der Waals surface area contributed by atoms with E-state index in [0.29, 0.717) is 38.3 Å². The lowest BCUT2D eigenvalue weighted by Gasteiger charge is -2.49. The molecular formula is C28H34FN5O3. The third kappa shape index (κ3) is 5.18. The molecule has 4 amide bonds. The molecule has 8 nitrogen and oxygen atoms in total. The molecule has 2 N–H and O–H groups in total. The number of fused-ring (bicyclic) bond motifs is 3. The van der Waals surface area contributed by atoms with E-state index >= 15 is 0 Å². The normalized spacial score (nSPS) is 25.4. The molecule has 0 aromatic heterocycles. The quantitative estimate of drug-likeness (QED) is 0.601. The summed E-state index contributed by atoms with van der Waals surface area (Å²) >= 11 is 0. The van der Waals surface area contributed by atoms with Gasteiger partial charge in [0, 0.05) is 25.0 Å². The molecule has 2 aromatic rings. The summed E-state index contributed by atoms with van der Waals surface area (Å²) in [6, 6.07) is 15.1. The SMILES string of the molecule is CC(C)CNC(=O)C1CCC2C(=O)N(Cc3ccccc3)C3NN(Cc4ccc(F)cc4)C(=O)N3C2C1. The average molecular weight is 508 g/mol. The van der Waals surface area contributed by atoms with Crippen molar-refractivity contribution in [1.82, 2.24) is 25.6 Å². The molecule has 9 heteroatoms. The van der Waals surface area contributed by atoms with E-state index < -0.39 is 6.29 Å². The predicted molar refractivity (Wildman–Crippen MR) is 136 cm³/mol. The molecule has 3 aliphatic rings. The van der Waals surface area contributed by atoms with Gasteiger partial charge in [-0.05, 0) is 48.4 Å². The maximum atomic E-state index is 13.8. The summed E-state index contributed by atoms with van der Waals surface area (Å²) < 4.78 is 13.4. The molecule has 3 fully saturated rings. The van der Waals surface area contributed by atoms with Crippen LogP contribution in [0.25, 0.3) is 0 Å². The minimum Gasteiger partial charge on any atom is -0.356 e. The molecule has 1 saturated carbocycles. The third-order valence-electron chi connectivity index (χ3n) is 7.56. The van der Waals surface area contributed by atoms with Crippen LogP contribution < -0.4 is 10.7 Å². The summed E-state index contributed by atoms with van der Waals surface area (Å²) in [6.45, 7) is 5.30. The molecule has 4 atom stereocenters. The number of hydrazine groups is 1. The molecule has 2 heterocycles. The largest absolute Gasteiger partial charge is 0.356 e. The van der Waals surface area contributed by atoms with Gasteiger partial charge in [0.2, 0.25) is 11.8 Å². The molecule has 2 aromatic carbocycles. The van der Waals surface area contributed by atoms with Gasteiger partial charge in [-0.1, -0.05) is 56.3 Å². The van der Waals surface area contributed by atoms with Crippen LogP contribution in [-0.2, 0) is 22.7 Å². The molecule has 0 radical (unpaired) electrons. The number of hydrogen-bond donors (Lipinski definition) is 2. The number of benzene rings is 2. The van der Waals surface area contributed by atoms with Gasteiger partial charge in [-0.15, -0.1) is 0 Å². The topological polar surface area (TPSA) is 85.0 Å². The van der Waals surface area contributed by atoms with Crippen LogP contribution in [0.2, 0.25) is 0 Å². The summed E-state index contributed by atoms with van der Waals surface area (Å²) in [5.74, 6) is -0.602. The molecule has 2 aliphatic heterocycles. The molecule has 0 bridgehead atoms. The van der Waals surface area contributed by atoms with Crippen molar-refractivity contribution in [2.75, 3.05) is 6.54 Å². The second-order valence-corrected chi connectivity index (χ2v) is 10.7. The number of hydrogen-bond acceptors (Lipinski definition) is 4. The minimum absolute atomic E-state index is 0.0000684. The highest BCUT2D eigenvalue weighted by Gasteiger charge is 2.56. The van der Waals surface area contributed by atoms with Crippen LogP contribution in [0.1, 0.15) is 44.2 Å². The van der Waals surface area contributed by atoms with E-state index in [1.165, 1.54) is 17.1 Å². The smallest absolute Gasteiger partial charge is 0.337 e. The number of nitrogens with zero attached hydrogens (tertiary/aromatic N) is 3. The Morgan fingerprint density at radius 1 is 1.03 bits per heavy atom. The van der Waals surface area contributed by atoms with Crippen molar-refractivity contribution in [3.05, 3.63) is 71.5 Å². The number of amides is 4. The van der Waals surface area contributed by atoms with Crippen LogP contribution in [0.5, 0.6) is 0 Å². The Hall–Kier alpha value is -3.46. The number of urea groups is 1. The number of halogens is 1. The van der Waals surface area contributed by atoms with Gasteiger partial charge < -0.3 is 10.2 Å². The van der Waals surface area contributed by atoms with E-state index in [9.17, 15) is 18.8 Å². The highest BCUT2D eigenvalue weighted by Crippen LogP contribution is 2.41. The van der Waals surface area contributed by atoms with Gasteiger partial charge in [0.1, 0.15) is 5.82 Å². The first-order valence-electron chi connectivity index (χ1n) is 13.0. The summed E-state index contributed by atoms with van der Waals surface area (Å²) in [5, 5.41) is 4.52. The Balaban J connectivity index is 1.41. The first-order valence-corrected chi connectivity index (χ1v) is 13.0. The predicted octanol–water partition coefficient (Wildman–Crippen LogP) is 3.45. The Kier molecular flexibility index (Phi) is 7.15. The van der Waals surface area contributed by atoms with E-state index in [1.54, 1.807) is 21.9 Å². The zero-order valence-electron chi connectivity index (χ0n) is 21.3. The lowest BCUT2D eigenvalue weighted by atomic mass is 9.75. The van der Waals surface area contributed by atoms with Crippen molar-refractivity contribution >= 4 is 17.8 Å². The Morgan fingerprint density at radius 3 is 2.43 bits per heavy atom.